The van der Waals surface area contributed by atoms with Crippen molar-refractivity contribution in [2.75, 3.05) is 12.8 Å². The number of methoxy groups -OCH3 is 1. The first kappa shape index (κ1) is 7.27. The quantitative estimate of drug-likeness (QED) is 0.688. The molecule has 0 aromatic carbocycles. The van der Waals surface area contributed by atoms with Gasteiger partial charge in [-0.3, -0.25) is 0 Å². The van der Waals surface area contributed by atoms with Crippen molar-refractivity contribution in [3.8, 4) is 5.88 Å². The van der Waals surface area contributed by atoms with Gasteiger partial charge in [0.05, 0.1) is 7.11 Å². The smallest absolute Gasteiger partial charge is 0.224 e. The highest BCUT2D eigenvalue weighted by Gasteiger charge is 1.97. The summed E-state index contributed by atoms with van der Waals surface area (Å²) in [5.41, 5.74) is 5.30. The van der Waals surface area contributed by atoms with Crippen molar-refractivity contribution in [3.63, 3.8) is 0 Å². The molecule has 0 radical (unpaired) electrons. The molecule has 0 aliphatic carbocycles. The second-order valence-corrected chi connectivity index (χ2v) is 2.40. The van der Waals surface area contributed by atoms with Gasteiger partial charge < -0.3 is 10.5 Å². The number of nitrogens with zero attached hydrogens (tertiary/aromatic N) is 2. The minimum Gasteiger partial charge on any atom is -0.481 e. The fourth-order valence-corrected chi connectivity index (χ4v) is 0.896. The third-order valence-electron chi connectivity index (χ3n) is 0.898. The minimum atomic E-state index is 0.200. The first-order valence-corrected chi connectivity index (χ1v) is 3.35. The van der Waals surface area contributed by atoms with Crippen molar-refractivity contribution >= 4 is 21.9 Å². The summed E-state index contributed by atoms with van der Waals surface area (Å²) in [5.74, 6) is 0.658. The lowest BCUT2D eigenvalue weighted by Crippen LogP contribution is -1.97. The van der Waals surface area contributed by atoms with Crippen LogP contribution in [0.2, 0.25) is 0 Å². The van der Waals surface area contributed by atoms with Gasteiger partial charge in [-0.25, -0.2) is 4.98 Å². The number of nitrogen functional groups attached to an aromatic ring is 1. The zero-order valence-corrected chi connectivity index (χ0v) is 6.92. The maximum absolute atomic E-state index is 5.30. The lowest BCUT2D eigenvalue weighted by molar-refractivity contribution is 0.397. The molecule has 1 aromatic heterocycles. The molecule has 4 nitrogen and oxygen atoms in total. The van der Waals surface area contributed by atoms with E-state index < -0.39 is 0 Å². The van der Waals surface area contributed by atoms with E-state index in [0.717, 1.165) is 0 Å². The summed E-state index contributed by atoms with van der Waals surface area (Å²) >= 11 is 3.14. The standard InChI is InChI=1S/C5H6BrN3O/c1-10-4-2-3(6)8-5(7)9-4/h2H,1H3,(H2,7,8,9). The van der Waals surface area contributed by atoms with Gasteiger partial charge in [0.15, 0.2) is 0 Å². The average molecular weight is 204 g/mol. The molecule has 0 spiro atoms. The first-order chi connectivity index (χ1) is 4.72. The van der Waals surface area contributed by atoms with Crippen LogP contribution in [0.25, 0.3) is 0 Å². The van der Waals surface area contributed by atoms with E-state index >= 15 is 0 Å². The molecule has 1 rings (SSSR count). The van der Waals surface area contributed by atoms with Gasteiger partial charge in [0.25, 0.3) is 0 Å². The summed E-state index contributed by atoms with van der Waals surface area (Å²) in [7, 11) is 1.52. The highest BCUT2D eigenvalue weighted by atomic mass is 79.9. The number of hydrogen-bond acceptors (Lipinski definition) is 4. The van der Waals surface area contributed by atoms with Crippen molar-refractivity contribution < 1.29 is 4.74 Å². The van der Waals surface area contributed by atoms with Crippen LogP contribution in [0, 0.1) is 0 Å². The SMILES string of the molecule is COc1cc(Br)nc(N)n1. The summed E-state index contributed by atoms with van der Waals surface area (Å²) < 4.78 is 5.44. The van der Waals surface area contributed by atoms with Gasteiger partial charge in [0.1, 0.15) is 4.60 Å². The molecule has 0 bridgehead atoms. The summed E-state index contributed by atoms with van der Waals surface area (Å²) in [4.78, 5) is 7.55. The molecule has 0 saturated carbocycles. The Morgan fingerprint density at radius 1 is 1.60 bits per heavy atom. The summed E-state index contributed by atoms with van der Waals surface area (Å²) in [6.45, 7) is 0. The van der Waals surface area contributed by atoms with Gasteiger partial charge in [-0.05, 0) is 15.9 Å². The van der Waals surface area contributed by atoms with Crippen LogP contribution in [0.15, 0.2) is 10.7 Å². The molecule has 1 heterocycles. The summed E-state index contributed by atoms with van der Waals surface area (Å²) in [6, 6.07) is 1.64. The Bertz CT molecular complexity index is 220. The molecule has 2 N–H and O–H groups in total. The van der Waals surface area contributed by atoms with Crippen molar-refractivity contribution in [2.24, 2.45) is 0 Å². The minimum absolute atomic E-state index is 0.200. The van der Waals surface area contributed by atoms with E-state index in [1.165, 1.54) is 7.11 Å². The second kappa shape index (κ2) is 2.83. The lowest BCUT2D eigenvalue weighted by Gasteiger charge is -1.98. The van der Waals surface area contributed by atoms with Crippen LogP contribution < -0.4 is 10.5 Å². The predicted molar refractivity (Wildman–Crippen MR) is 40.7 cm³/mol. The van der Waals surface area contributed by atoms with Gasteiger partial charge >= 0.3 is 0 Å². The fraction of sp³-hybridized carbons (Fsp3) is 0.200. The monoisotopic (exact) mass is 203 g/mol. The van der Waals surface area contributed by atoms with Crippen molar-refractivity contribution in [1.82, 2.24) is 9.97 Å². The maximum atomic E-state index is 5.30. The molecule has 0 aliphatic heterocycles. The highest BCUT2D eigenvalue weighted by molar-refractivity contribution is 9.10. The number of anilines is 1. The Hall–Kier alpha value is -0.840. The van der Waals surface area contributed by atoms with Gasteiger partial charge in [0, 0.05) is 6.07 Å². The summed E-state index contributed by atoms with van der Waals surface area (Å²) in [5, 5.41) is 0. The number of nitrogens with two attached hydrogens (primary N) is 1. The number of ether oxygens (including phenoxy) is 1. The molecule has 0 unspecified atom stereocenters. The Labute approximate surface area is 66.6 Å². The van der Waals surface area contributed by atoms with E-state index in [1.54, 1.807) is 6.07 Å². The molecule has 5 heteroatoms. The molecular formula is C5H6BrN3O. The Balaban J connectivity index is 3.06. The van der Waals surface area contributed by atoms with E-state index in [9.17, 15) is 0 Å². The number of hydrogen-bond donors (Lipinski definition) is 1. The molecule has 0 aliphatic rings. The Morgan fingerprint density at radius 2 is 2.30 bits per heavy atom. The highest BCUT2D eigenvalue weighted by Crippen LogP contribution is 2.13. The van der Waals surface area contributed by atoms with E-state index in [-0.39, 0.29) is 5.95 Å². The molecular weight excluding hydrogens is 198 g/mol. The van der Waals surface area contributed by atoms with Crippen LogP contribution >= 0.6 is 15.9 Å². The van der Waals surface area contributed by atoms with Crippen LogP contribution in [0.5, 0.6) is 5.88 Å². The zero-order valence-electron chi connectivity index (χ0n) is 5.34. The molecule has 0 fully saturated rings. The molecule has 0 amide bonds. The largest absolute Gasteiger partial charge is 0.481 e. The fourth-order valence-electron chi connectivity index (χ4n) is 0.518. The van der Waals surface area contributed by atoms with Gasteiger partial charge in [0.2, 0.25) is 11.8 Å². The van der Waals surface area contributed by atoms with Gasteiger partial charge in [-0.1, -0.05) is 0 Å². The van der Waals surface area contributed by atoms with Crippen molar-refractivity contribution in [2.45, 2.75) is 0 Å². The second-order valence-electron chi connectivity index (χ2n) is 1.59. The van der Waals surface area contributed by atoms with Crippen LogP contribution in [0.3, 0.4) is 0 Å². The third kappa shape index (κ3) is 1.57. The van der Waals surface area contributed by atoms with E-state index in [4.69, 9.17) is 10.5 Å². The molecule has 0 atom stereocenters. The molecule has 54 valence electrons. The number of halogens is 1. The number of rotatable bonds is 1. The van der Waals surface area contributed by atoms with E-state index in [1.807, 2.05) is 0 Å². The predicted octanol–water partition coefficient (Wildman–Crippen LogP) is 0.830. The Kier molecular flexibility index (Phi) is 2.06. The third-order valence-corrected chi connectivity index (χ3v) is 1.30. The molecule has 10 heavy (non-hydrogen) atoms. The van der Waals surface area contributed by atoms with Crippen molar-refractivity contribution in [3.05, 3.63) is 10.7 Å². The lowest BCUT2D eigenvalue weighted by atomic mass is 10.6. The van der Waals surface area contributed by atoms with Crippen LogP contribution in [0.1, 0.15) is 0 Å². The van der Waals surface area contributed by atoms with Crippen LogP contribution in [0.4, 0.5) is 5.95 Å². The van der Waals surface area contributed by atoms with Gasteiger partial charge in [-0.15, -0.1) is 0 Å². The first-order valence-electron chi connectivity index (χ1n) is 2.56. The van der Waals surface area contributed by atoms with Crippen molar-refractivity contribution in [1.29, 1.82) is 0 Å². The van der Waals surface area contributed by atoms with Gasteiger partial charge in [-0.2, -0.15) is 4.98 Å². The van der Waals surface area contributed by atoms with Crippen LogP contribution in [-0.2, 0) is 0 Å². The topological polar surface area (TPSA) is 61.0 Å². The maximum Gasteiger partial charge on any atom is 0.224 e. The van der Waals surface area contributed by atoms with E-state index in [0.29, 0.717) is 10.5 Å². The average Bonchev–Trinajstić information content (AvgIpc) is 1.85. The number of aromatic nitrogens is 2. The molecule has 1 aromatic rings. The zero-order chi connectivity index (χ0) is 7.56. The normalized spacial score (nSPS) is 9.40. The Morgan fingerprint density at radius 3 is 2.80 bits per heavy atom. The van der Waals surface area contributed by atoms with E-state index in [2.05, 4.69) is 25.9 Å². The van der Waals surface area contributed by atoms with Crippen LogP contribution in [-0.4, -0.2) is 17.1 Å². The summed E-state index contributed by atoms with van der Waals surface area (Å²) in [6.07, 6.45) is 0. The molecule has 0 saturated heterocycles.